The van der Waals surface area contributed by atoms with Gasteiger partial charge in [0.25, 0.3) is 5.91 Å². The number of rotatable bonds is 16. The number of nitrogens with zero attached hydrogens (tertiary/aromatic N) is 1. The van der Waals surface area contributed by atoms with Crippen LogP contribution in [0.25, 0.3) is 0 Å². The molecule has 4 nitrogen and oxygen atoms in total. The Kier molecular flexibility index (Phi) is 12.7. The predicted molar refractivity (Wildman–Crippen MR) is 132 cm³/mol. The van der Waals surface area contributed by atoms with Crippen molar-refractivity contribution in [3.63, 3.8) is 0 Å². The maximum Gasteiger partial charge on any atom is 0.252 e. The van der Waals surface area contributed by atoms with Crippen LogP contribution in [0.5, 0.6) is 0 Å². The molecule has 1 saturated heterocycles. The molecule has 0 spiro atoms. The highest BCUT2D eigenvalue weighted by molar-refractivity contribution is 8.00. The molecule has 1 fully saturated rings. The average Bonchev–Trinajstić information content (AvgIpc) is 3.12. The number of thioether (sulfide) groups is 1. The van der Waals surface area contributed by atoms with E-state index in [1.165, 1.54) is 81.2 Å². The first-order valence-corrected chi connectivity index (χ1v) is 13.5. The fraction of sp³-hybridized carbons (Fsp3) is 0.692. The minimum Gasteiger partial charge on any atom is -0.273 e. The minimum atomic E-state index is -0.122. The number of carbonyl (C=O) groups is 2. The Morgan fingerprint density at radius 2 is 1.42 bits per heavy atom. The maximum atomic E-state index is 12.4. The highest BCUT2D eigenvalue weighted by atomic mass is 32.2. The molecular formula is C26H42N2O2S. The van der Waals surface area contributed by atoms with Crippen LogP contribution in [0.3, 0.4) is 0 Å². The molecule has 1 N–H and O–H groups in total. The van der Waals surface area contributed by atoms with Gasteiger partial charge in [0.15, 0.2) is 0 Å². The SMILES string of the molecule is CCCCCCCCCCCCCCCC(=O)NN1C(=O)CSC1c1ccc(C)cc1. The molecule has 1 aromatic carbocycles. The molecule has 1 atom stereocenters. The molecule has 5 heteroatoms. The molecule has 1 unspecified atom stereocenters. The maximum absolute atomic E-state index is 12.4. The van der Waals surface area contributed by atoms with Crippen LogP contribution < -0.4 is 5.43 Å². The summed E-state index contributed by atoms with van der Waals surface area (Å²) in [5.41, 5.74) is 5.11. The van der Waals surface area contributed by atoms with Crippen LogP contribution in [0.2, 0.25) is 0 Å². The predicted octanol–water partition coefficient (Wildman–Crippen LogP) is 7.08. The Bertz CT molecular complexity index is 647. The van der Waals surface area contributed by atoms with E-state index in [-0.39, 0.29) is 17.2 Å². The first-order chi connectivity index (χ1) is 15.1. The third-order valence-electron chi connectivity index (χ3n) is 5.98. The second-order valence-electron chi connectivity index (χ2n) is 8.87. The zero-order valence-electron chi connectivity index (χ0n) is 19.7. The van der Waals surface area contributed by atoms with E-state index >= 15 is 0 Å². The summed E-state index contributed by atoms with van der Waals surface area (Å²) in [6.45, 7) is 4.31. The number of carbonyl (C=O) groups excluding carboxylic acids is 2. The number of hydrogen-bond acceptors (Lipinski definition) is 3. The highest BCUT2D eigenvalue weighted by Crippen LogP contribution is 2.37. The average molecular weight is 447 g/mol. The summed E-state index contributed by atoms with van der Waals surface area (Å²) in [6, 6.07) is 8.17. The van der Waals surface area contributed by atoms with E-state index in [1.807, 2.05) is 31.2 Å². The van der Waals surface area contributed by atoms with Crippen LogP contribution in [0.1, 0.15) is 113 Å². The fourth-order valence-corrected chi connectivity index (χ4v) is 5.12. The summed E-state index contributed by atoms with van der Waals surface area (Å²) >= 11 is 1.57. The van der Waals surface area contributed by atoms with Crippen molar-refractivity contribution < 1.29 is 9.59 Å². The normalized spacial score (nSPS) is 16.1. The lowest BCUT2D eigenvalue weighted by Crippen LogP contribution is -2.44. The van der Waals surface area contributed by atoms with Gasteiger partial charge in [-0.2, -0.15) is 0 Å². The van der Waals surface area contributed by atoms with Crippen molar-refractivity contribution in [2.24, 2.45) is 0 Å². The van der Waals surface area contributed by atoms with Crippen LogP contribution in [0.15, 0.2) is 24.3 Å². The van der Waals surface area contributed by atoms with Gasteiger partial charge in [0.2, 0.25) is 5.91 Å². The van der Waals surface area contributed by atoms with E-state index in [0.29, 0.717) is 12.2 Å². The lowest BCUT2D eigenvalue weighted by atomic mass is 10.0. The molecule has 1 aromatic rings. The zero-order chi connectivity index (χ0) is 22.3. The largest absolute Gasteiger partial charge is 0.273 e. The number of unbranched alkanes of at least 4 members (excludes halogenated alkanes) is 12. The molecule has 0 bridgehead atoms. The Morgan fingerprint density at radius 1 is 0.903 bits per heavy atom. The summed E-state index contributed by atoms with van der Waals surface area (Å²) in [4.78, 5) is 24.6. The van der Waals surface area contributed by atoms with Gasteiger partial charge in [0, 0.05) is 6.42 Å². The number of benzene rings is 1. The number of hydrogen-bond donors (Lipinski definition) is 1. The first kappa shape index (κ1) is 25.8. The first-order valence-electron chi connectivity index (χ1n) is 12.4. The van der Waals surface area contributed by atoms with Gasteiger partial charge in [-0.15, -0.1) is 11.8 Å². The van der Waals surface area contributed by atoms with Crippen LogP contribution in [-0.4, -0.2) is 22.6 Å². The van der Waals surface area contributed by atoms with Crippen molar-refractivity contribution in [1.29, 1.82) is 0 Å². The Morgan fingerprint density at radius 3 is 1.97 bits per heavy atom. The molecule has 2 rings (SSSR count). The molecule has 31 heavy (non-hydrogen) atoms. The second-order valence-corrected chi connectivity index (χ2v) is 9.93. The van der Waals surface area contributed by atoms with Crippen LogP contribution in [0, 0.1) is 6.92 Å². The van der Waals surface area contributed by atoms with Crippen LogP contribution in [0.4, 0.5) is 0 Å². The summed E-state index contributed by atoms with van der Waals surface area (Å²) in [7, 11) is 0. The minimum absolute atomic E-state index is 0.0192. The number of hydrazine groups is 1. The molecule has 2 amide bonds. The standard InChI is InChI=1S/C26H42N2O2S/c1-3-4-5-6-7-8-9-10-11-12-13-14-15-16-24(29)27-28-25(30)21-31-26(28)23-19-17-22(2)18-20-23/h17-20,26H,3-16,21H2,1-2H3,(H,27,29). The topological polar surface area (TPSA) is 49.4 Å². The van der Waals surface area contributed by atoms with E-state index in [4.69, 9.17) is 0 Å². The molecule has 0 aliphatic carbocycles. The second kappa shape index (κ2) is 15.3. The third kappa shape index (κ3) is 10.1. The Labute approximate surface area is 193 Å². The molecular weight excluding hydrogens is 404 g/mol. The lowest BCUT2D eigenvalue weighted by Gasteiger charge is -2.24. The molecule has 1 aliphatic rings. The molecule has 1 aliphatic heterocycles. The van der Waals surface area contributed by atoms with Gasteiger partial charge in [-0.05, 0) is 18.9 Å². The number of amides is 2. The quantitative estimate of drug-likeness (QED) is 0.276. The summed E-state index contributed by atoms with van der Waals surface area (Å²) in [6.07, 6.45) is 17.3. The van der Waals surface area contributed by atoms with E-state index < -0.39 is 0 Å². The van der Waals surface area contributed by atoms with Crippen molar-refractivity contribution in [3.05, 3.63) is 35.4 Å². The fourth-order valence-electron chi connectivity index (χ4n) is 4.02. The van der Waals surface area contributed by atoms with Gasteiger partial charge in [-0.25, -0.2) is 5.01 Å². The molecule has 0 aromatic heterocycles. The smallest absolute Gasteiger partial charge is 0.252 e. The van der Waals surface area contributed by atoms with Crippen LogP contribution in [-0.2, 0) is 9.59 Å². The Hall–Kier alpha value is -1.49. The summed E-state index contributed by atoms with van der Waals surface area (Å²) < 4.78 is 0. The van der Waals surface area contributed by atoms with E-state index in [9.17, 15) is 9.59 Å². The molecule has 0 saturated carbocycles. The van der Waals surface area contributed by atoms with Gasteiger partial charge < -0.3 is 0 Å². The monoisotopic (exact) mass is 446 g/mol. The molecule has 0 radical (unpaired) electrons. The van der Waals surface area contributed by atoms with E-state index in [2.05, 4.69) is 12.3 Å². The van der Waals surface area contributed by atoms with Crippen molar-refractivity contribution in [2.45, 2.75) is 109 Å². The van der Waals surface area contributed by atoms with Crippen molar-refractivity contribution in [2.75, 3.05) is 5.75 Å². The lowest BCUT2D eigenvalue weighted by molar-refractivity contribution is -0.139. The van der Waals surface area contributed by atoms with E-state index in [1.54, 1.807) is 11.8 Å². The van der Waals surface area contributed by atoms with Gasteiger partial charge in [-0.3, -0.25) is 15.0 Å². The highest BCUT2D eigenvalue weighted by Gasteiger charge is 2.34. The van der Waals surface area contributed by atoms with Crippen LogP contribution >= 0.6 is 11.8 Å². The van der Waals surface area contributed by atoms with E-state index in [0.717, 1.165) is 18.4 Å². The summed E-state index contributed by atoms with van der Waals surface area (Å²) in [5.74, 6) is 0.350. The van der Waals surface area contributed by atoms with Crippen molar-refractivity contribution in [3.8, 4) is 0 Å². The third-order valence-corrected chi connectivity index (χ3v) is 7.20. The zero-order valence-corrected chi connectivity index (χ0v) is 20.5. The number of aryl methyl sites for hydroxylation is 1. The van der Waals surface area contributed by atoms with Crippen molar-refractivity contribution >= 4 is 23.6 Å². The number of nitrogens with one attached hydrogen (secondary N) is 1. The Balaban J connectivity index is 1.51. The van der Waals surface area contributed by atoms with Gasteiger partial charge in [0.1, 0.15) is 5.37 Å². The molecule has 1 heterocycles. The van der Waals surface area contributed by atoms with Gasteiger partial charge in [0.05, 0.1) is 5.75 Å². The summed E-state index contributed by atoms with van der Waals surface area (Å²) in [5, 5.41) is 1.41. The van der Waals surface area contributed by atoms with Crippen molar-refractivity contribution in [1.82, 2.24) is 10.4 Å². The molecule has 174 valence electrons. The van der Waals surface area contributed by atoms with Gasteiger partial charge >= 0.3 is 0 Å². The van der Waals surface area contributed by atoms with Gasteiger partial charge in [-0.1, -0.05) is 114 Å².